The first kappa shape index (κ1) is 26.1. The van der Waals surface area contributed by atoms with Crippen LogP contribution in [-0.4, -0.2) is 47.7 Å². The van der Waals surface area contributed by atoms with Crippen LogP contribution >= 0.6 is 11.6 Å². The van der Waals surface area contributed by atoms with Crippen LogP contribution in [-0.2, 0) is 6.54 Å². The number of rotatable bonds is 10. The van der Waals surface area contributed by atoms with Gasteiger partial charge in [-0.3, -0.25) is 14.5 Å². The van der Waals surface area contributed by atoms with Crippen LogP contribution in [0.2, 0.25) is 5.02 Å². The molecule has 0 aliphatic rings. The highest BCUT2D eigenvalue weighted by molar-refractivity contribution is 6.31. The lowest BCUT2D eigenvalue weighted by Crippen LogP contribution is -2.26. The maximum absolute atomic E-state index is 12.8. The van der Waals surface area contributed by atoms with Gasteiger partial charge in [0.05, 0.1) is 24.1 Å². The van der Waals surface area contributed by atoms with Crippen LogP contribution in [0.15, 0.2) is 71.8 Å². The minimum Gasteiger partial charge on any atom is -0.395 e. The first-order valence-corrected chi connectivity index (χ1v) is 11.7. The molecule has 0 aliphatic carbocycles. The molecule has 0 aromatic heterocycles. The quantitative estimate of drug-likeness (QED) is 0.287. The van der Waals surface area contributed by atoms with Gasteiger partial charge in [0, 0.05) is 23.7 Å². The van der Waals surface area contributed by atoms with Crippen LogP contribution < -0.4 is 10.7 Å². The fourth-order valence-corrected chi connectivity index (χ4v) is 3.67. The first-order chi connectivity index (χ1) is 16.9. The number of likely N-dealkylation sites (N-methyl/N-ethyl adjacent to an activating group) is 1. The second-order valence-electron chi connectivity index (χ2n) is 8.05. The number of hydrogen-bond acceptors (Lipinski definition) is 5. The highest BCUT2D eigenvalue weighted by atomic mass is 35.5. The Balaban J connectivity index is 1.69. The number of aryl methyl sites for hydroxylation is 1. The standard InChI is InChI=1S/C27H29ClN4O3/c1-3-32(13-14-33)18-20-7-9-22(10-8-20)26(34)30-25-12-11-23(28)16-24(25)27(35)31-29-17-21-6-4-5-19(2)15-21/h4-12,15-17,33H,3,13-14,18H2,1-2H3,(H,30,34)(H,31,35). The van der Waals surface area contributed by atoms with Crippen molar-refractivity contribution < 1.29 is 14.7 Å². The van der Waals surface area contributed by atoms with Crippen LogP contribution in [0.3, 0.4) is 0 Å². The van der Waals surface area contributed by atoms with Crippen molar-refractivity contribution in [1.29, 1.82) is 0 Å². The summed E-state index contributed by atoms with van der Waals surface area (Å²) in [4.78, 5) is 27.7. The maximum Gasteiger partial charge on any atom is 0.273 e. The number of carbonyl (C=O) groups excluding carboxylic acids is 2. The summed E-state index contributed by atoms with van der Waals surface area (Å²) >= 11 is 6.10. The summed E-state index contributed by atoms with van der Waals surface area (Å²) in [6, 6.07) is 19.6. The molecule has 0 saturated heterocycles. The number of carbonyl (C=O) groups is 2. The fraction of sp³-hybridized carbons (Fsp3) is 0.222. The predicted octanol–water partition coefficient (Wildman–Crippen LogP) is 4.48. The van der Waals surface area contributed by atoms with E-state index in [1.165, 1.54) is 6.07 Å². The molecule has 3 rings (SSSR count). The largest absolute Gasteiger partial charge is 0.395 e. The van der Waals surface area contributed by atoms with Crippen molar-refractivity contribution in [2.45, 2.75) is 20.4 Å². The monoisotopic (exact) mass is 492 g/mol. The number of benzene rings is 3. The smallest absolute Gasteiger partial charge is 0.273 e. The van der Waals surface area contributed by atoms with Gasteiger partial charge >= 0.3 is 0 Å². The zero-order chi connectivity index (χ0) is 25.2. The number of amides is 2. The van der Waals surface area contributed by atoms with Gasteiger partial charge in [-0.2, -0.15) is 5.10 Å². The molecule has 0 aliphatic heterocycles. The van der Waals surface area contributed by atoms with Gasteiger partial charge in [-0.1, -0.05) is 60.5 Å². The van der Waals surface area contributed by atoms with E-state index in [0.29, 0.717) is 29.4 Å². The van der Waals surface area contributed by atoms with Crippen LogP contribution in [0.1, 0.15) is 44.3 Å². The van der Waals surface area contributed by atoms with E-state index >= 15 is 0 Å². The summed E-state index contributed by atoms with van der Waals surface area (Å²) in [7, 11) is 0. The zero-order valence-corrected chi connectivity index (χ0v) is 20.5. The van der Waals surface area contributed by atoms with Gasteiger partial charge in [0.1, 0.15) is 0 Å². The molecule has 182 valence electrons. The second kappa shape index (κ2) is 12.8. The molecule has 3 aromatic carbocycles. The van der Waals surface area contributed by atoms with E-state index in [1.807, 2.05) is 50.2 Å². The van der Waals surface area contributed by atoms with Gasteiger partial charge < -0.3 is 10.4 Å². The van der Waals surface area contributed by atoms with Crippen LogP contribution in [0.25, 0.3) is 0 Å². The molecule has 35 heavy (non-hydrogen) atoms. The van der Waals surface area contributed by atoms with Crippen molar-refractivity contribution in [2.75, 3.05) is 25.0 Å². The number of hydrogen-bond donors (Lipinski definition) is 3. The lowest BCUT2D eigenvalue weighted by molar-refractivity contribution is 0.0956. The third kappa shape index (κ3) is 7.75. The van der Waals surface area contributed by atoms with E-state index in [2.05, 4.69) is 20.7 Å². The van der Waals surface area contributed by atoms with Crippen molar-refractivity contribution in [3.63, 3.8) is 0 Å². The Morgan fingerprint density at radius 3 is 2.51 bits per heavy atom. The van der Waals surface area contributed by atoms with Crippen LogP contribution in [0.4, 0.5) is 5.69 Å². The molecule has 0 fully saturated rings. The molecule has 0 atom stereocenters. The number of hydrazone groups is 1. The van der Waals surface area contributed by atoms with Gasteiger partial charge in [-0.15, -0.1) is 0 Å². The Morgan fingerprint density at radius 2 is 1.83 bits per heavy atom. The van der Waals surface area contributed by atoms with Gasteiger partial charge in [0.15, 0.2) is 0 Å². The SMILES string of the molecule is CCN(CCO)Cc1ccc(C(=O)Nc2ccc(Cl)cc2C(=O)NN=Cc2cccc(C)c2)cc1. The normalized spacial score (nSPS) is 11.1. The lowest BCUT2D eigenvalue weighted by atomic mass is 10.1. The van der Waals surface area contributed by atoms with Crippen LogP contribution in [0, 0.1) is 6.92 Å². The number of halogens is 1. The number of anilines is 1. The highest BCUT2D eigenvalue weighted by Gasteiger charge is 2.15. The average molecular weight is 493 g/mol. The summed E-state index contributed by atoms with van der Waals surface area (Å²) in [5, 5.41) is 16.3. The number of aliphatic hydroxyl groups excluding tert-OH is 1. The first-order valence-electron chi connectivity index (χ1n) is 11.3. The number of nitrogens with zero attached hydrogens (tertiary/aromatic N) is 2. The molecule has 0 unspecified atom stereocenters. The molecule has 3 N–H and O–H groups in total. The maximum atomic E-state index is 12.8. The summed E-state index contributed by atoms with van der Waals surface area (Å²) in [6.07, 6.45) is 1.55. The van der Waals surface area contributed by atoms with Gasteiger partial charge in [0.25, 0.3) is 11.8 Å². The van der Waals surface area contributed by atoms with Crippen molar-refractivity contribution in [3.05, 3.63) is 99.6 Å². The molecule has 2 amide bonds. The molecule has 3 aromatic rings. The van der Waals surface area contributed by atoms with E-state index in [0.717, 1.165) is 23.2 Å². The Morgan fingerprint density at radius 1 is 1.06 bits per heavy atom. The van der Waals surface area contributed by atoms with E-state index in [1.54, 1.807) is 30.5 Å². The summed E-state index contributed by atoms with van der Waals surface area (Å²) in [5.41, 5.74) is 6.44. The van der Waals surface area contributed by atoms with Gasteiger partial charge in [-0.05, 0) is 54.9 Å². The summed E-state index contributed by atoms with van der Waals surface area (Å²) in [6.45, 7) is 6.20. The number of aliphatic hydroxyl groups is 1. The lowest BCUT2D eigenvalue weighted by Gasteiger charge is -2.19. The molecule has 0 bridgehead atoms. The molecular weight excluding hydrogens is 464 g/mol. The minimum absolute atomic E-state index is 0.0998. The molecular formula is C27H29ClN4O3. The summed E-state index contributed by atoms with van der Waals surface area (Å²) < 4.78 is 0. The van der Waals surface area contributed by atoms with E-state index in [-0.39, 0.29) is 18.1 Å². The van der Waals surface area contributed by atoms with Gasteiger partial charge in [0.2, 0.25) is 0 Å². The predicted molar refractivity (Wildman–Crippen MR) is 140 cm³/mol. The highest BCUT2D eigenvalue weighted by Crippen LogP contribution is 2.22. The van der Waals surface area contributed by atoms with Crippen LogP contribution in [0.5, 0.6) is 0 Å². The van der Waals surface area contributed by atoms with Crippen molar-refractivity contribution in [1.82, 2.24) is 10.3 Å². The Hall–Kier alpha value is -3.52. The third-order valence-electron chi connectivity index (χ3n) is 5.38. The number of nitrogens with one attached hydrogen (secondary N) is 2. The molecule has 0 saturated carbocycles. The Labute approximate surface area is 210 Å². The topological polar surface area (TPSA) is 94.0 Å². The average Bonchev–Trinajstić information content (AvgIpc) is 2.85. The third-order valence-corrected chi connectivity index (χ3v) is 5.62. The Kier molecular flexibility index (Phi) is 9.55. The van der Waals surface area contributed by atoms with E-state index in [4.69, 9.17) is 16.7 Å². The van der Waals surface area contributed by atoms with Crippen molar-refractivity contribution in [3.8, 4) is 0 Å². The van der Waals surface area contributed by atoms with E-state index < -0.39 is 5.91 Å². The van der Waals surface area contributed by atoms with Gasteiger partial charge in [-0.25, -0.2) is 5.43 Å². The molecule has 0 spiro atoms. The zero-order valence-electron chi connectivity index (χ0n) is 19.8. The molecule has 8 heteroatoms. The second-order valence-corrected chi connectivity index (χ2v) is 8.48. The summed E-state index contributed by atoms with van der Waals surface area (Å²) in [5.74, 6) is -0.843. The molecule has 0 heterocycles. The Bertz CT molecular complexity index is 1200. The molecule has 0 radical (unpaired) electrons. The van der Waals surface area contributed by atoms with Crippen molar-refractivity contribution >= 4 is 35.3 Å². The van der Waals surface area contributed by atoms with E-state index in [9.17, 15) is 9.59 Å². The fourth-order valence-electron chi connectivity index (χ4n) is 3.49. The molecule has 7 nitrogen and oxygen atoms in total. The van der Waals surface area contributed by atoms with Crippen molar-refractivity contribution in [2.24, 2.45) is 5.10 Å². The minimum atomic E-state index is -0.495.